The minimum atomic E-state index is -4.59. The van der Waals surface area contributed by atoms with Crippen molar-refractivity contribution in [2.45, 2.75) is 6.18 Å². The van der Waals surface area contributed by atoms with Crippen molar-refractivity contribution in [3.63, 3.8) is 0 Å². The second-order valence-corrected chi connectivity index (χ2v) is 6.18. The Morgan fingerprint density at radius 2 is 1.64 bits per heavy atom. The molecule has 0 fully saturated rings. The van der Waals surface area contributed by atoms with Crippen molar-refractivity contribution in [3.8, 4) is 11.4 Å². The summed E-state index contributed by atoms with van der Waals surface area (Å²) in [6.45, 7) is 0. The Kier molecular flexibility index (Phi) is 5.58. The summed E-state index contributed by atoms with van der Waals surface area (Å²) in [6.07, 6.45) is -3.08. The smallest absolute Gasteiger partial charge is 0.378 e. The van der Waals surface area contributed by atoms with E-state index < -0.39 is 11.9 Å². The highest BCUT2D eigenvalue weighted by Gasteiger charge is 2.33. The molecule has 0 aliphatic carbocycles. The van der Waals surface area contributed by atoms with Gasteiger partial charge in [-0.25, -0.2) is 9.97 Å². The van der Waals surface area contributed by atoms with Gasteiger partial charge in [0.15, 0.2) is 17.3 Å². The Morgan fingerprint density at radius 1 is 0.964 bits per heavy atom. The lowest BCUT2D eigenvalue weighted by Crippen LogP contribution is -2.11. The van der Waals surface area contributed by atoms with Crippen molar-refractivity contribution in [1.29, 1.82) is 0 Å². The number of hydrogen-bond acceptors (Lipinski definition) is 5. The first kappa shape index (κ1) is 19.3. The Balaban J connectivity index is 1.84. The second-order valence-electron chi connectivity index (χ2n) is 6.18. The molecule has 0 saturated carbocycles. The fourth-order valence-electron chi connectivity index (χ4n) is 2.40. The second kappa shape index (κ2) is 8.08. The van der Waals surface area contributed by atoms with Gasteiger partial charge >= 0.3 is 6.18 Å². The number of benzene rings is 2. The molecule has 0 radical (unpaired) electrons. The molecule has 8 heteroatoms. The average Bonchev–Trinajstić information content (AvgIpc) is 2.68. The highest BCUT2D eigenvalue weighted by atomic mass is 19.4. The first-order valence-electron chi connectivity index (χ1n) is 8.41. The zero-order valence-electron chi connectivity index (χ0n) is 15.3. The molecule has 1 heterocycles. The maximum atomic E-state index is 13.2. The zero-order chi connectivity index (χ0) is 20.1. The summed E-state index contributed by atoms with van der Waals surface area (Å²) >= 11 is 0. The molecule has 0 aliphatic rings. The number of anilines is 2. The minimum absolute atomic E-state index is 0.0246. The topological polar surface area (TPSA) is 53.4 Å². The van der Waals surface area contributed by atoms with E-state index in [4.69, 9.17) is 0 Å². The molecule has 0 saturated heterocycles. The van der Waals surface area contributed by atoms with Crippen LogP contribution in [0.15, 0.2) is 65.8 Å². The third-order valence-electron chi connectivity index (χ3n) is 3.85. The van der Waals surface area contributed by atoms with Gasteiger partial charge in [0.25, 0.3) is 0 Å². The maximum absolute atomic E-state index is 13.2. The van der Waals surface area contributed by atoms with Gasteiger partial charge in [0.05, 0.1) is 6.21 Å². The molecule has 0 spiro atoms. The average molecular weight is 385 g/mol. The first-order chi connectivity index (χ1) is 13.3. The van der Waals surface area contributed by atoms with Crippen LogP contribution in [0.2, 0.25) is 0 Å². The van der Waals surface area contributed by atoms with E-state index in [1.54, 1.807) is 30.3 Å². The van der Waals surface area contributed by atoms with Crippen LogP contribution in [0.4, 0.5) is 24.7 Å². The number of halogens is 3. The molecule has 0 bridgehead atoms. The minimum Gasteiger partial charge on any atom is -0.378 e. The van der Waals surface area contributed by atoms with Gasteiger partial charge < -0.3 is 4.90 Å². The molecular formula is C20H18F3N5. The van der Waals surface area contributed by atoms with E-state index in [1.807, 2.05) is 43.3 Å². The summed E-state index contributed by atoms with van der Waals surface area (Å²) in [7, 11) is 3.87. The summed E-state index contributed by atoms with van der Waals surface area (Å²) in [4.78, 5) is 9.74. The molecule has 2 aromatic carbocycles. The Morgan fingerprint density at radius 3 is 2.25 bits per heavy atom. The molecule has 144 valence electrons. The fourth-order valence-corrected chi connectivity index (χ4v) is 2.40. The fraction of sp³-hybridized carbons (Fsp3) is 0.150. The van der Waals surface area contributed by atoms with Gasteiger partial charge in [-0.15, -0.1) is 0 Å². The number of nitrogens with zero attached hydrogens (tertiary/aromatic N) is 4. The number of aromatic nitrogens is 2. The highest BCUT2D eigenvalue weighted by Crippen LogP contribution is 2.30. The van der Waals surface area contributed by atoms with Crippen LogP contribution in [-0.2, 0) is 6.18 Å². The Bertz CT molecular complexity index is 952. The number of hydrazone groups is 1. The molecule has 28 heavy (non-hydrogen) atoms. The van der Waals surface area contributed by atoms with E-state index in [1.165, 1.54) is 6.21 Å². The van der Waals surface area contributed by atoms with Crippen LogP contribution in [0, 0.1) is 0 Å². The third-order valence-corrected chi connectivity index (χ3v) is 3.85. The normalized spacial score (nSPS) is 11.6. The van der Waals surface area contributed by atoms with Crippen LogP contribution in [-0.4, -0.2) is 30.3 Å². The molecule has 3 aromatic rings. The first-order valence-corrected chi connectivity index (χ1v) is 8.41. The lowest BCUT2D eigenvalue weighted by Gasteiger charge is -2.11. The molecule has 0 amide bonds. The van der Waals surface area contributed by atoms with E-state index >= 15 is 0 Å². The van der Waals surface area contributed by atoms with Crippen molar-refractivity contribution in [2.24, 2.45) is 5.10 Å². The highest BCUT2D eigenvalue weighted by molar-refractivity contribution is 5.80. The van der Waals surface area contributed by atoms with Gasteiger partial charge in [0.1, 0.15) is 0 Å². The summed E-state index contributed by atoms with van der Waals surface area (Å²) in [5.74, 6) is -0.0641. The standard InChI is InChI=1S/C20H18F3N5/c1-28(2)16-10-8-14(9-11-16)13-24-27-18-12-17(20(21,22)23)25-19(26-18)15-6-4-3-5-7-15/h3-13H,1-2H3,(H,25,26,27)/b24-13-. The summed E-state index contributed by atoms with van der Waals surface area (Å²) in [5.41, 5.74) is 3.84. The van der Waals surface area contributed by atoms with Gasteiger partial charge in [0, 0.05) is 31.4 Å². The number of rotatable bonds is 5. The monoisotopic (exact) mass is 385 g/mol. The van der Waals surface area contributed by atoms with Crippen LogP contribution in [0.1, 0.15) is 11.3 Å². The van der Waals surface area contributed by atoms with E-state index in [-0.39, 0.29) is 11.6 Å². The Hall–Kier alpha value is -3.42. The van der Waals surface area contributed by atoms with Gasteiger partial charge in [-0.05, 0) is 17.7 Å². The lowest BCUT2D eigenvalue weighted by atomic mass is 10.2. The van der Waals surface area contributed by atoms with Gasteiger partial charge in [0.2, 0.25) is 0 Å². The maximum Gasteiger partial charge on any atom is 0.433 e. The van der Waals surface area contributed by atoms with Crippen LogP contribution in [0.25, 0.3) is 11.4 Å². The van der Waals surface area contributed by atoms with Crippen LogP contribution in [0.5, 0.6) is 0 Å². The van der Waals surface area contributed by atoms with Gasteiger partial charge in [-0.3, -0.25) is 5.43 Å². The molecule has 1 N–H and O–H groups in total. The van der Waals surface area contributed by atoms with Gasteiger partial charge in [-0.2, -0.15) is 18.3 Å². The molecular weight excluding hydrogens is 367 g/mol. The van der Waals surface area contributed by atoms with Crippen molar-refractivity contribution in [3.05, 3.63) is 71.9 Å². The van der Waals surface area contributed by atoms with Crippen molar-refractivity contribution in [1.82, 2.24) is 9.97 Å². The number of alkyl halides is 3. The summed E-state index contributed by atoms with van der Waals surface area (Å²) < 4.78 is 39.6. The van der Waals surface area contributed by atoms with E-state index in [9.17, 15) is 13.2 Å². The SMILES string of the molecule is CN(C)c1ccc(/C=N\Nc2cc(C(F)(F)F)nc(-c3ccccc3)n2)cc1. The number of nitrogens with one attached hydrogen (secondary N) is 1. The van der Waals surface area contributed by atoms with E-state index in [2.05, 4.69) is 20.5 Å². The molecule has 5 nitrogen and oxygen atoms in total. The van der Waals surface area contributed by atoms with Crippen LogP contribution < -0.4 is 10.3 Å². The van der Waals surface area contributed by atoms with Crippen LogP contribution in [0.3, 0.4) is 0 Å². The predicted molar refractivity (Wildman–Crippen MR) is 104 cm³/mol. The van der Waals surface area contributed by atoms with Crippen LogP contribution >= 0.6 is 0 Å². The third kappa shape index (κ3) is 4.85. The van der Waals surface area contributed by atoms with Crippen molar-refractivity contribution in [2.75, 3.05) is 24.4 Å². The molecule has 0 aliphatic heterocycles. The zero-order valence-corrected chi connectivity index (χ0v) is 15.3. The van der Waals surface area contributed by atoms with Crippen molar-refractivity contribution < 1.29 is 13.2 Å². The van der Waals surface area contributed by atoms with Crippen molar-refractivity contribution >= 4 is 17.7 Å². The summed E-state index contributed by atoms with van der Waals surface area (Å²) in [6, 6.07) is 16.9. The predicted octanol–water partition coefficient (Wildman–Crippen LogP) is 4.67. The molecule has 0 unspecified atom stereocenters. The molecule has 0 atom stereocenters. The van der Waals surface area contributed by atoms with E-state index in [0.29, 0.717) is 5.56 Å². The Labute approximate surface area is 160 Å². The quantitative estimate of drug-likeness (QED) is 0.512. The van der Waals surface area contributed by atoms with Gasteiger partial charge in [-0.1, -0.05) is 42.5 Å². The largest absolute Gasteiger partial charge is 0.433 e. The summed E-state index contributed by atoms with van der Waals surface area (Å²) in [5, 5.41) is 4.00. The van der Waals surface area contributed by atoms with E-state index in [0.717, 1.165) is 17.3 Å². The molecule has 3 rings (SSSR count). The number of hydrogen-bond donors (Lipinski definition) is 1. The molecule has 1 aromatic heterocycles. The lowest BCUT2D eigenvalue weighted by molar-refractivity contribution is -0.141.